The van der Waals surface area contributed by atoms with Crippen LogP contribution in [0.2, 0.25) is 0 Å². The number of carbonyl (C=O) groups is 1. The van der Waals surface area contributed by atoms with Gasteiger partial charge in [0.25, 0.3) is 0 Å². The molecule has 0 bridgehead atoms. The smallest absolute Gasteiger partial charge is 0.426 e. The lowest BCUT2D eigenvalue weighted by molar-refractivity contribution is -0.137. The van der Waals surface area contributed by atoms with E-state index in [-0.39, 0.29) is 29.5 Å². The first-order chi connectivity index (χ1) is 21.2. The van der Waals surface area contributed by atoms with E-state index in [4.69, 9.17) is 4.18 Å². The van der Waals surface area contributed by atoms with Crippen molar-refractivity contribution in [2.24, 2.45) is 5.92 Å². The molecule has 0 saturated carbocycles. The molecular formula is C30H28BF3N4O6S. The van der Waals surface area contributed by atoms with Crippen molar-refractivity contribution >= 4 is 23.1 Å². The lowest BCUT2D eigenvalue weighted by Gasteiger charge is -2.20. The summed E-state index contributed by atoms with van der Waals surface area (Å²) in [6.07, 6.45) is -4.48. The van der Waals surface area contributed by atoms with Crippen molar-refractivity contribution in [1.82, 2.24) is 15.1 Å². The van der Waals surface area contributed by atoms with Crippen LogP contribution in [-0.2, 0) is 27.6 Å². The second-order valence-corrected chi connectivity index (χ2v) is 12.1. The molecule has 4 rings (SSSR count). The third kappa shape index (κ3) is 8.30. The topological polar surface area (TPSA) is 155 Å². The van der Waals surface area contributed by atoms with Crippen LogP contribution in [0.15, 0.2) is 83.8 Å². The van der Waals surface area contributed by atoms with E-state index in [0.29, 0.717) is 29.3 Å². The summed E-state index contributed by atoms with van der Waals surface area (Å²) in [7, 11) is -6.52. The summed E-state index contributed by atoms with van der Waals surface area (Å²) in [6.45, 7) is 3.34. The molecular weight excluding hydrogens is 612 g/mol. The van der Waals surface area contributed by atoms with Gasteiger partial charge in [0.15, 0.2) is 5.75 Å². The van der Waals surface area contributed by atoms with Gasteiger partial charge in [-0.2, -0.15) is 31.9 Å². The average Bonchev–Trinajstić information content (AvgIpc) is 3.39. The summed E-state index contributed by atoms with van der Waals surface area (Å²) < 4.78 is 72.4. The summed E-state index contributed by atoms with van der Waals surface area (Å²) in [5, 5.41) is 35.8. The number of hydrogen-bond acceptors (Lipinski definition) is 8. The Morgan fingerprint density at radius 1 is 1.07 bits per heavy atom. The molecule has 45 heavy (non-hydrogen) atoms. The van der Waals surface area contributed by atoms with E-state index >= 15 is 0 Å². The van der Waals surface area contributed by atoms with Crippen molar-refractivity contribution in [2.75, 3.05) is 0 Å². The molecule has 0 fully saturated rings. The van der Waals surface area contributed by atoms with Crippen molar-refractivity contribution in [3.05, 3.63) is 90.0 Å². The van der Waals surface area contributed by atoms with Crippen LogP contribution >= 0.6 is 0 Å². The first-order valence-corrected chi connectivity index (χ1v) is 15.0. The molecule has 1 atom stereocenters. The number of halogens is 3. The maximum atomic E-state index is 13.2. The SMILES string of the molecule is CC(C)C[C@H](NC(=O)Cn1nc(-c2ccccc2OS(=O)(=O)c2cccc(C(F)(F)F)c2)cc1-c1ccc(C#N)cc1)B(O)O. The number of aromatic nitrogens is 2. The van der Waals surface area contributed by atoms with E-state index in [1.54, 1.807) is 36.4 Å². The number of alkyl halides is 3. The fraction of sp³-hybridized carbons (Fsp3) is 0.233. The Morgan fingerprint density at radius 2 is 1.76 bits per heavy atom. The van der Waals surface area contributed by atoms with Gasteiger partial charge in [0, 0.05) is 5.56 Å². The fourth-order valence-corrected chi connectivity index (χ4v) is 5.51. The zero-order valence-corrected chi connectivity index (χ0v) is 24.9. The van der Waals surface area contributed by atoms with Crippen LogP contribution in [0.5, 0.6) is 5.75 Å². The molecule has 234 valence electrons. The van der Waals surface area contributed by atoms with Gasteiger partial charge < -0.3 is 19.5 Å². The highest BCUT2D eigenvalue weighted by Gasteiger charge is 2.32. The Labute approximate surface area is 258 Å². The van der Waals surface area contributed by atoms with Crippen molar-refractivity contribution in [3.8, 4) is 34.3 Å². The van der Waals surface area contributed by atoms with Gasteiger partial charge in [0.05, 0.1) is 34.5 Å². The Balaban J connectivity index is 1.73. The van der Waals surface area contributed by atoms with Gasteiger partial charge in [0.2, 0.25) is 5.91 Å². The van der Waals surface area contributed by atoms with Gasteiger partial charge in [0.1, 0.15) is 11.4 Å². The molecule has 0 radical (unpaired) electrons. The molecule has 4 aromatic rings. The third-order valence-corrected chi connectivity index (χ3v) is 7.86. The first kappa shape index (κ1) is 33.3. The van der Waals surface area contributed by atoms with Crippen molar-refractivity contribution in [3.63, 3.8) is 0 Å². The highest BCUT2D eigenvalue weighted by atomic mass is 32.2. The second kappa shape index (κ2) is 13.6. The van der Waals surface area contributed by atoms with Gasteiger partial charge in [-0.1, -0.05) is 44.2 Å². The fourth-order valence-electron chi connectivity index (χ4n) is 4.51. The van der Waals surface area contributed by atoms with Crippen LogP contribution in [0, 0.1) is 17.2 Å². The van der Waals surface area contributed by atoms with Crippen LogP contribution in [0.25, 0.3) is 22.5 Å². The predicted octanol–water partition coefficient (Wildman–Crippen LogP) is 4.42. The Morgan fingerprint density at radius 3 is 2.38 bits per heavy atom. The third-order valence-electron chi connectivity index (χ3n) is 6.63. The van der Waals surface area contributed by atoms with Gasteiger partial charge >= 0.3 is 23.4 Å². The number of nitriles is 1. The van der Waals surface area contributed by atoms with Crippen LogP contribution in [-0.4, -0.2) is 47.2 Å². The van der Waals surface area contributed by atoms with E-state index in [0.717, 1.165) is 18.2 Å². The molecule has 0 unspecified atom stereocenters. The van der Waals surface area contributed by atoms with Gasteiger partial charge in [-0.15, -0.1) is 0 Å². The number of carbonyl (C=O) groups excluding carboxylic acids is 1. The Kier molecular flexibility index (Phi) is 10.0. The van der Waals surface area contributed by atoms with Gasteiger partial charge in [-0.3, -0.25) is 9.48 Å². The van der Waals surface area contributed by atoms with E-state index in [1.165, 1.54) is 22.9 Å². The van der Waals surface area contributed by atoms with E-state index < -0.39 is 45.7 Å². The highest BCUT2D eigenvalue weighted by molar-refractivity contribution is 7.87. The minimum atomic E-state index is -4.77. The summed E-state index contributed by atoms with van der Waals surface area (Å²) in [5.41, 5.74) is 0.494. The molecule has 1 amide bonds. The molecule has 3 aromatic carbocycles. The normalized spacial score (nSPS) is 12.4. The van der Waals surface area contributed by atoms with Crippen molar-refractivity contribution in [1.29, 1.82) is 5.26 Å². The predicted molar refractivity (Wildman–Crippen MR) is 159 cm³/mol. The summed E-state index contributed by atoms with van der Waals surface area (Å²) in [6, 6.07) is 19.0. The molecule has 15 heteroatoms. The monoisotopic (exact) mass is 640 g/mol. The number of hydrogen-bond donors (Lipinski definition) is 3. The van der Waals surface area contributed by atoms with Crippen LogP contribution < -0.4 is 9.50 Å². The molecule has 0 spiro atoms. The maximum absolute atomic E-state index is 13.2. The molecule has 0 aliphatic rings. The minimum absolute atomic E-state index is 0.0475. The zero-order chi connectivity index (χ0) is 32.9. The molecule has 1 aromatic heterocycles. The number of benzene rings is 3. The number of nitrogens with one attached hydrogen (secondary N) is 1. The molecule has 10 nitrogen and oxygen atoms in total. The Hall–Kier alpha value is -4.65. The van der Waals surface area contributed by atoms with E-state index in [9.17, 15) is 41.7 Å². The number of para-hydroxylation sites is 1. The summed E-state index contributed by atoms with van der Waals surface area (Å²) in [4.78, 5) is 12.3. The largest absolute Gasteiger partial charge is 0.475 e. The number of rotatable bonds is 11. The van der Waals surface area contributed by atoms with Gasteiger partial charge in [-0.05, 0) is 66.4 Å². The maximum Gasteiger partial charge on any atom is 0.475 e. The molecule has 0 saturated heterocycles. The first-order valence-electron chi connectivity index (χ1n) is 13.6. The quantitative estimate of drug-likeness (QED) is 0.161. The second-order valence-electron chi connectivity index (χ2n) is 10.5. The molecule has 0 aliphatic carbocycles. The number of nitrogens with zero attached hydrogens (tertiary/aromatic N) is 3. The van der Waals surface area contributed by atoms with Gasteiger partial charge in [-0.25, -0.2) is 0 Å². The summed E-state index contributed by atoms with van der Waals surface area (Å²) in [5.74, 6) is -1.71. The van der Waals surface area contributed by atoms with Crippen LogP contribution in [0.3, 0.4) is 0 Å². The molecule has 1 heterocycles. The summed E-state index contributed by atoms with van der Waals surface area (Å²) >= 11 is 0. The number of amides is 1. The lowest BCUT2D eigenvalue weighted by Crippen LogP contribution is -2.48. The van der Waals surface area contributed by atoms with E-state index in [2.05, 4.69) is 10.4 Å². The Bertz CT molecular complexity index is 1820. The molecule has 0 aliphatic heterocycles. The van der Waals surface area contributed by atoms with Crippen LogP contribution in [0.4, 0.5) is 13.2 Å². The van der Waals surface area contributed by atoms with E-state index in [1.807, 2.05) is 19.9 Å². The van der Waals surface area contributed by atoms with Crippen molar-refractivity contribution < 1.29 is 40.6 Å². The lowest BCUT2D eigenvalue weighted by atomic mass is 9.75. The average molecular weight is 640 g/mol. The van der Waals surface area contributed by atoms with Crippen LogP contribution in [0.1, 0.15) is 31.4 Å². The molecule has 3 N–H and O–H groups in total. The highest BCUT2D eigenvalue weighted by Crippen LogP contribution is 2.35. The minimum Gasteiger partial charge on any atom is -0.426 e. The standard InChI is InChI=1S/C30H28BF3N4O6S/c1-19(2)14-28(31(40)41)36-29(39)18-38-26(21-12-10-20(17-35)11-13-21)16-25(37-38)24-8-3-4-9-27(24)44-45(42,43)23-7-5-6-22(15-23)30(32,33)34/h3-13,15-16,19,28,40-41H,14,18H2,1-2H3,(H,36,39)/t28-/m0/s1. The zero-order valence-electron chi connectivity index (χ0n) is 24.1. The van der Waals surface area contributed by atoms with Crippen molar-refractivity contribution in [2.45, 2.75) is 43.8 Å².